The maximum Gasteiger partial charge on any atom is 0.120 e. The zero-order chi connectivity index (χ0) is 24.7. The van der Waals surface area contributed by atoms with E-state index in [-0.39, 0.29) is 5.60 Å². The molecule has 0 bridgehead atoms. The van der Waals surface area contributed by atoms with Crippen LogP contribution in [-0.4, -0.2) is 53.5 Å². The molecule has 1 aromatic heterocycles. The molecular formula is C28H36ClN3O3. The summed E-state index contributed by atoms with van der Waals surface area (Å²) < 4.78 is 20.1. The maximum absolute atomic E-state index is 6.07. The molecule has 6 nitrogen and oxygen atoms in total. The second-order valence-corrected chi connectivity index (χ2v) is 9.97. The summed E-state index contributed by atoms with van der Waals surface area (Å²) in [6, 6.07) is 16.0. The third-order valence-corrected chi connectivity index (χ3v) is 6.93. The van der Waals surface area contributed by atoms with Gasteiger partial charge in [0.05, 0.1) is 6.54 Å². The van der Waals surface area contributed by atoms with Crippen molar-refractivity contribution in [3.8, 4) is 11.5 Å². The van der Waals surface area contributed by atoms with Gasteiger partial charge in [-0.15, -0.1) is 0 Å². The summed E-state index contributed by atoms with van der Waals surface area (Å²) in [6.45, 7) is 9.12. The minimum Gasteiger partial charge on any atom is -0.492 e. The van der Waals surface area contributed by atoms with Crippen LogP contribution >= 0.6 is 11.6 Å². The number of likely N-dealkylation sites (tertiary alicyclic amines) is 1. The number of ether oxygens (including phenoxy) is 3. The highest BCUT2D eigenvalue weighted by Gasteiger charge is 2.35. The fourth-order valence-electron chi connectivity index (χ4n) is 4.52. The van der Waals surface area contributed by atoms with E-state index in [4.69, 9.17) is 25.8 Å². The van der Waals surface area contributed by atoms with Gasteiger partial charge in [-0.25, -0.2) is 4.98 Å². The smallest absolute Gasteiger partial charge is 0.120 e. The third kappa shape index (κ3) is 7.00. The van der Waals surface area contributed by atoms with E-state index in [1.807, 2.05) is 36.7 Å². The van der Waals surface area contributed by atoms with Crippen molar-refractivity contribution < 1.29 is 14.2 Å². The summed E-state index contributed by atoms with van der Waals surface area (Å²) in [5, 5.41) is 0.679. The Morgan fingerprint density at radius 3 is 2.49 bits per heavy atom. The second kappa shape index (κ2) is 11.9. The number of nitrogens with zero attached hydrogens (tertiary/aromatic N) is 3. The Bertz CT molecular complexity index is 1060. The molecule has 0 aliphatic carbocycles. The predicted molar refractivity (Wildman–Crippen MR) is 139 cm³/mol. The van der Waals surface area contributed by atoms with Gasteiger partial charge < -0.3 is 18.8 Å². The van der Waals surface area contributed by atoms with Crippen LogP contribution in [0.15, 0.2) is 60.9 Å². The lowest BCUT2D eigenvalue weighted by Crippen LogP contribution is -2.48. The van der Waals surface area contributed by atoms with Gasteiger partial charge in [0.2, 0.25) is 0 Å². The van der Waals surface area contributed by atoms with Gasteiger partial charge in [0.1, 0.15) is 36.1 Å². The normalized spacial score (nSPS) is 15.9. The summed E-state index contributed by atoms with van der Waals surface area (Å²) in [4.78, 5) is 6.90. The van der Waals surface area contributed by atoms with Crippen LogP contribution in [0.25, 0.3) is 0 Å². The van der Waals surface area contributed by atoms with E-state index < -0.39 is 0 Å². The van der Waals surface area contributed by atoms with Crippen LogP contribution in [0.5, 0.6) is 11.5 Å². The quantitative estimate of drug-likeness (QED) is 0.335. The summed E-state index contributed by atoms with van der Waals surface area (Å²) in [5.41, 5.74) is 1.02. The molecule has 7 heteroatoms. The number of piperidine rings is 1. The summed E-state index contributed by atoms with van der Waals surface area (Å²) in [6.07, 6.45) is 5.73. The average Bonchev–Trinajstić information content (AvgIpc) is 3.34. The molecule has 35 heavy (non-hydrogen) atoms. The summed E-state index contributed by atoms with van der Waals surface area (Å²) in [5.74, 6) is 3.18. The number of aromatic nitrogens is 2. The SMILES string of the molecule is COC1(COc2cccc(Cl)c2)CCN(Cc2ccc(OCCn3ccnc3C(C)C)cc2)CC1. The Morgan fingerprint density at radius 2 is 1.80 bits per heavy atom. The first-order valence-corrected chi connectivity index (χ1v) is 12.7. The zero-order valence-corrected chi connectivity index (χ0v) is 21.7. The lowest BCUT2D eigenvalue weighted by molar-refractivity contribution is -0.0839. The molecule has 188 valence electrons. The Kier molecular flexibility index (Phi) is 8.71. The highest BCUT2D eigenvalue weighted by atomic mass is 35.5. The van der Waals surface area contributed by atoms with Crippen LogP contribution in [0.2, 0.25) is 5.02 Å². The third-order valence-electron chi connectivity index (χ3n) is 6.69. The molecule has 0 unspecified atom stereocenters. The molecule has 0 N–H and O–H groups in total. The number of methoxy groups -OCH3 is 1. The van der Waals surface area contributed by atoms with Crippen LogP contribution < -0.4 is 9.47 Å². The first kappa shape index (κ1) is 25.5. The Hall–Kier alpha value is -2.54. The number of hydrogen-bond donors (Lipinski definition) is 0. The molecule has 4 rings (SSSR count). The van der Waals surface area contributed by atoms with E-state index in [9.17, 15) is 0 Å². The number of halogens is 1. The topological polar surface area (TPSA) is 48.8 Å². The van der Waals surface area contributed by atoms with Crippen molar-refractivity contribution in [3.63, 3.8) is 0 Å². The predicted octanol–water partition coefficient (Wildman–Crippen LogP) is 5.80. The Labute approximate surface area is 213 Å². The van der Waals surface area contributed by atoms with Crippen LogP contribution in [0.3, 0.4) is 0 Å². The minimum atomic E-state index is -0.263. The van der Waals surface area contributed by atoms with Crippen LogP contribution in [0.4, 0.5) is 0 Å². The molecule has 2 aromatic carbocycles. The van der Waals surface area contributed by atoms with Gasteiger partial charge in [-0.3, -0.25) is 4.90 Å². The molecule has 0 amide bonds. The van der Waals surface area contributed by atoms with E-state index in [0.29, 0.717) is 24.2 Å². The van der Waals surface area contributed by atoms with Crippen molar-refractivity contribution in [2.75, 3.05) is 33.4 Å². The Balaban J connectivity index is 1.21. The molecule has 3 aromatic rings. The van der Waals surface area contributed by atoms with E-state index in [1.165, 1.54) is 5.56 Å². The Morgan fingerprint density at radius 1 is 1.03 bits per heavy atom. The monoisotopic (exact) mass is 497 g/mol. The lowest BCUT2D eigenvalue weighted by atomic mass is 9.91. The molecule has 0 atom stereocenters. The van der Waals surface area contributed by atoms with E-state index in [0.717, 1.165) is 56.3 Å². The van der Waals surface area contributed by atoms with Gasteiger partial charge in [0, 0.05) is 50.1 Å². The van der Waals surface area contributed by atoms with Gasteiger partial charge in [-0.2, -0.15) is 0 Å². The largest absolute Gasteiger partial charge is 0.492 e. The molecule has 1 fully saturated rings. The van der Waals surface area contributed by atoms with Crippen molar-refractivity contribution >= 4 is 11.6 Å². The van der Waals surface area contributed by atoms with Crippen molar-refractivity contribution in [2.24, 2.45) is 0 Å². The van der Waals surface area contributed by atoms with Gasteiger partial charge in [-0.1, -0.05) is 43.6 Å². The molecule has 1 aliphatic rings. The van der Waals surface area contributed by atoms with E-state index in [1.54, 1.807) is 7.11 Å². The number of benzene rings is 2. The zero-order valence-electron chi connectivity index (χ0n) is 21.0. The fourth-order valence-corrected chi connectivity index (χ4v) is 4.70. The van der Waals surface area contributed by atoms with Gasteiger partial charge >= 0.3 is 0 Å². The molecule has 1 aliphatic heterocycles. The minimum absolute atomic E-state index is 0.263. The summed E-state index contributed by atoms with van der Waals surface area (Å²) in [7, 11) is 1.78. The van der Waals surface area contributed by atoms with Crippen molar-refractivity contribution in [1.82, 2.24) is 14.5 Å². The van der Waals surface area contributed by atoms with Crippen molar-refractivity contribution in [2.45, 2.75) is 51.3 Å². The highest BCUT2D eigenvalue weighted by molar-refractivity contribution is 6.30. The first-order chi connectivity index (χ1) is 17.0. The van der Waals surface area contributed by atoms with E-state index in [2.05, 4.69) is 52.6 Å². The first-order valence-electron chi connectivity index (χ1n) is 12.3. The number of hydrogen-bond acceptors (Lipinski definition) is 5. The highest BCUT2D eigenvalue weighted by Crippen LogP contribution is 2.29. The van der Waals surface area contributed by atoms with Gasteiger partial charge in [0.25, 0.3) is 0 Å². The molecule has 1 saturated heterocycles. The molecule has 0 spiro atoms. The van der Waals surface area contributed by atoms with Crippen LogP contribution in [-0.2, 0) is 17.8 Å². The molecular weight excluding hydrogens is 462 g/mol. The fraction of sp³-hybridized carbons (Fsp3) is 0.464. The van der Waals surface area contributed by atoms with Gasteiger partial charge in [-0.05, 0) is 48.7 Å². The molecule has 2 heterocycles. The van der Waals surface area contributed by atoms with Crippen LogP contribution in [0, 0.1) is 0 Å². The lowest BCUT2D eigenvalue weighted by Gasteiger charge is -2.40. The van der Waals surface area contributed by atoms with E-state index >= 15 is 0 Å². The average molecular weight is 498 g/mol. The number of rotatable bonds is 11. The molecule has 0 saturated carbocycles. The van der Waals surface area contributed by atoms with Crippen LogP contribution in [0.1, 0.15) is 44.0 Å². The van der Waals surface area contributed by atoms with Crippen molar-refractivity contribution in [1.29, 1.82) is 0 Å². The second-order valence-electron chi connectivity index (χ2n) is 9.54. The summed E-state index contributed by atoms with van der Waals surface area (Å²) >= 11 is 6.07. The molecule has 0 radical (unpaired) electrons. The maximum atomic E-state index is 6.07. The van der Waals surface area contributed by atoms with Gasteiger partial charge in [0.15, 0.2) is 0 Å². The van der Waals surface area contributed by atoms with Crippen molar-refractivity contribution in [3.05, 3.63) is 77.3 Å². The number of imidazole rings is 1. The standard InChI is InChI=1S/C28H36ClN3O3/c1-22(2)27-30-13-16-32(27)17-18-34-25-9-7-23(8-10-25)20-31-14-11-28(33-3,12-15-31)21-35-26-6-4-5-24(29)19-26/h4-10,13,16,19,22H,11-12,14-15,17-18,20-21H2,1-3H3.